The number of piperidine rings is 1. The van der Waals surface area contributed by atoms with Gasteiger partial charge in [-0.3, -0.25) is 0 Å². The van der Waals surface area contributed by atoms with Crippen LogP contribution < -0.4 is 11.1 Å². The molecule has 9 nitrogen and oxygen atoms in total. The lowest BCUT2D eigenvalue weighted by Crippen LogP contribution is -2.28. The Morgan fingerprint density at radius 2 is 1.97 bits per heavy atom. The molecule has 0 spiro atoms. The van der Waals surface area contributed by atoms with Crippen molar-refractivity contribution < 1.29 is 8.78 Å². The fourth-order valence-corrected chi connectivity index (χ4v) is 3.75. The van der Waals surface area contributed by atoms with E-state index in [1.807, 2.05) is 18.5 Å². The van der Waals surface area contributed by atoms with Crippen LogP contribution in [0.15, 0.2) is 42.9 Å². The smallest absolute Gasteiger partial charge is 0.209 e. The Bertz CT molecular complexity index is 1230. The monoisotopic (exact) mass is 423 g/mol. The van der Waals surface area contributed by atoms with E-state index in [2.05, 4.69) is 35.4 Å². The van der Waals surface area contributed by atoms with Crippen molar-refractivity contribution >= 4 is 5.82 Å². The molecule has 1 aliphatic rings. The molecule has 158 valence electrons. The zero-order valence-electron chi connectivity index (χ0n) is 16.4. The van der Waals surface area contributed by atoms with Crippen LogP contribution in [-0.2, 0) is 0 Å². The molecule has 1 saturated heterocycles. The van der Waals surface area contributed by atoms with E-state index in [0.717, 1.165) is 42.2 Å². The molecule has 1 aliphatic heterocycles. The third-order valence-corrected chi connectivity index (χ3v) is 5.38. The zero-order chi connectivity index (χ0) is 21.4. The van der Waals surface area contributed by atoms with Gasteiger partial charge in [0.2, 0.25) is 5.82 Å². The van der Waals surface area contributed by atoms with Gasteiger partial charge in [0.15, 0.2) is 23.1 Å². The van der Waals surface area contributed by atoms with Crippen molar-refractivity contribution in [2.75, 3.05) is 18.8 Å². The first-order valence-electron chi connectivity index (χ1n) is 9.86. The van der Waals surface area contributed by atoms with Gasteiger partial charge in [0.1, 0.15) is 5.69 Å². The lowest BCUT2D eigenvalue weighted by molar-refractivity contribution is 0.369. The summed E-state index contributed by atoms with van der Waals surface area (Å²) in [5.74, 6) is -1.94. The maximum absolute atomic E-state index is 14.3. The predicted octanol–water partition coefficient (Wildman–Crippen LogP) is 2.37. The molecule has 0 bridgehead atoms. The Labute approximate surface area is 175 Å². The second-order valence-corrected chi connectivity index (χ2v) is 7.30. The molecule has 0 radical (unpaired) electrons. The number of nitrogen functional groups attached to an aromatic ring is 1. The molecule has 1 aromatic carbocycles. The number of tetrazole rings is 1. The van der Waals surface area contributed by atoms with Crippen molar-refractivity contribution in [3.63, 3.8) is 0 Å². The number of nitrogens with one attached hydrogen (secondary N) is 1. The topological polar surface area (TPSA) is 112 Å². The molecule has 3 N–H and O–H groups in total. The van der Waals surface area contributed by atoms with E-state index in [1.54, 1.807) is 6.20 Å². The summed E-state index contributed by atoms with van der Waals surface area (Å²) in [6.45, 7) is 1.98. The normalized spacial score (nSPS) is 14.8. The third-order valence-electron chi connectivity index (χ3n) is 5.38. The molecule has 11 heteroatoms. The van der Waals surface area contributed by atoms with Crippen LogP contribution >= 0.6 is 0 Å². The summed E-state index contributed by atoms with van der Waals surface area (Å²) in [5.41, 5.74) is 7.50. The van der Waals surface area contributed by atoms with Gasteiger partial charge in [-0.2, -0.15) is 4.68 Å². The Morgan fingerprint density at radius 3 is 2.81 bits per heavy atom. The fourth-order valence-electron chi connectivity index (χ4n) is 3.75. The minimum Gasteiger partial charge on any atom is -0.382 e. The minimum absolute atomic E-state index is 0.0640. The van der Waals surface area contributed by atoms with Crippen molar-refractivity contribution in [3.05, 3.63) is 54.5 Å². The van der Waals surface area contributed by atoms with E-state index in [9.17, 15) is 8.78 Å². The summed E-state index contributed by atoms with van der Waals surface area (Å²) >= 11 is 0. The lowest BCUT2D eigenvalue weighted by atomic mass is 10.1. The molecule has 3 aromatic heterocycles. The van der Waals surface area contributed by atoms with E-state index in [1.165, 1.54) is 12.1 Å². The molecule has 4 aromatic rings. The van der Waals surface area contributed by atoms with Gasteiger partial charge in [0.25, 0.3) is 0 Å². The Kier molecular flexibility index (Phi) is 4.86. The highest BCUT2D eigenvalue weighted by molar-refractivity contribution is 5.69. The first-order valence-corrected chi connectivity index (χ1v) is 9.86. The van der Waals surface area contributed by atoms with Gasteiger partial charge in [-0.1, -0.05) is 6.07 Å². The van der Waals surface area contributed by atoms with Crippen molar-refractivity contribution in [1.29, 1.82) is 0 Å². The molecule has 0 unspecified atom stereocenters. The second-order valence-electron chi connectivity index (χ2n) is 7.30. The largest absolute Gasteiger partial charge is 0.382 e. The SMILES string of the molecule is Nc1ncc(-c2ccn(C3CCNCC3)c2)nc1-c1nnnn1-c1cccc(F)c1F. The van der Waals surface area contributed by atoms with E-state index in [0.29, 0.717) is 11.7 Å². The number of benzene rings is 1. The maximum Gasteiger partial charge on any atom is 0.209 e. The van der Waals surface area contributed by atoms with Crippen molar-refractivity contribution in [1.82, 2.24) is 40.1 Å². The van der Waals surface area contributed by atoms with Gasteiger partial charge < -0.3 is 15.6 Å². The van der Waals surface area contributed by atoms with Crippen molar-refractivity contribution in [3.8, 4) is 28.5 Å². The Hall–Kier alpha value is -3.73. The Morgan fingerprint density at radius 1 is 1.13 bits per heavy atom. The van der Waals surface area contributed by atoms with Crippen molar-refractivity contribution in [2.45, 2.75) is 18.9 Å². The van der Waals surface area contributed by atoms with Gasteiger partial charge in [0.05, 0.1) is 11.9 Å². The summed E-state index contributed by atoms with van der Waals surface area (Å²) in [5, 5.41) is 14.7. The number of nitrogens with two attached hydrogens (primary N) is 1. The molecule has 0 atom stereocenters. The number of hydrogen-bond acceptors (Lipinski definition) is 7. The van der Waals surface area contributed by atoms with Gasteiger partial charge >= 0.3 is 0 Å². The first kappa shape index (κ1) is 19.2. The highest BCUT2D eigenvalue weighted by atomic mass is 19.2. The van der Waals surface area contributed by atoms with Gasteiger partial charge in [-0.15, -0.1) is 5.10 Å². The van der Waals surface area contributed by atoms with Crippen LogP contribution in [0, 0.1) is 11.6 Å². The van der Waals surface area contributed by atoms with E-state index in [-0.39, 0.29) is 23.0 Å². The van der Waals surface area contributed by atoms with Gasteiger partial charge in [-0.25, -0.2) is 18.7 Å². The lowest BCUT2D eigenvalue weighted by Gasteiger charge is -2.24. The van der Waals surface area contributed by atoms with Crippen LogP contribution in [0.3, 0.4) is 0 Å². The number of nitrogens with zero attached hydrogens (tertiary/aromatic N) is 7. The summed E-state index contributed by atoms with van der Waals surface area (Å²) < 4.78 is 31.3. The highest BCUT2D eigenvalue weighted by Crippen LogP contribution is 2.28. The van der Waals surface area contributed by atoms with Crippen LogP contribution in [0.1, 0.15) is 18.9 Å². The Balaban J connectivity index is 1.53. The maximum atomic E-state index is 14.3. The molecule has 0 saturated carbocycles. The zero-order valence-corrected chi connectivity index (χ0v) is 16.4. The number of aromatic nitrogens is 7. The first-order chi connectivity index (χ1) is 15.1. The van der Waals surface area contributed by atoms with Gasteiger partial charge in [-0.05, 0) is 54.6 Å². The van der Waals surface area contributed by atoms with Crippen LogP contribution in [0.2, 0.25) is 0 Å². The summed E-state index contributed by atoms with van der Waals surface area (Å²) in [6, 6.07) is 6.14. The number of halogens is 2. The summed E-state index contributed by atoms with van der Waals surface area (Å²) in [4.78, 5) is 8.82. The van der Waals surface area contributed by atoms with Crippen molar-refractivity contribution in [2.24, 2.45) is 0 Å². The second kappa shape index (κ2) is 7.84. The fraction of sp³-hybridized carbons (Fsp3) is 0.250. The average Bonchev–Trinajstić information content (AvgIpc) is 3.47. The number of hydrogen-bond donors (Lipinski definition) is 2. The van der Waals surface area contributed by atoms with Crippen LogP contribution in [0.4, 0.5) is 14.6 Å². The highest BCUT2D eigenvalue weighted by Gasteiger charge is 2.21. The number of rotatable bonds is 4. The molecular weight excluding hydrogens is 404 g/mol. The molecule has 0 aliphatic carbocycles. The van der Waals surface area contributed by atoms with E-state index >= 15 is 0 Å². The quantitative estimate of drug-likeness (QED) is 0.518. The molecule has 4 heterocycles. The van der Waals surface area contributed by atoms with Crippen LogP contribution in [0.25, 0.3) is 28.5 Å². The standard InChI is InChI=1S/C20H19F2N9/c21-14-2-1-3-16(17(14)22)31-20(27-28-29-31)18-19(23)25-10-15(26-18)12-6-9-30(11-12)13-4-7-24-8-5-13/h1-3,6,9-11,13,24H,4-5,7-8H2,(H2,23,25). The number of anilines is 1. The summed E-state index contributed by atoms with van der Waals surface area (Å²) in [6.07, 6.45) is 7.73. The molecule has 1 fully saturated rings. The van der Waals surface area contributed by atoms with Crippen LogP contribution in [-0.4, -0.2) is 47.8 Å². The van der Waals surface area contributed by atoms with E-state index in [4.69, 9.17) is 5.73 Å². The van der Waals surface area contributed by atoms with E-state index < -0.39 is 11.6 Å². The predicted molar refractivity (Wildman–Crippen MR) is 109 cm³/mol. The molecular formula is C20H19F2N9. The minimum atomic E-state index is -1.07. The molecule has 0 amide bonds. The molecule has 31 heavy (non-hydrogen) atoms. The average molecular weight is 423 g/mol. The molecule has 5 rings (SSSR count). The summed E-state index contributed by atoms with van der Waals surface area (Å²) in [7, 11) is 0. The van der Waals surface area contributed by atoms with Gasteiger partial charge in [0, 0.05) is 24.0 Å². The third kappa shape index (κ3) is 3.52. The van der Waals surface area contributed by atoms with Crippen LogP contribution in [0.5, 0.6) is 0 Å².